The van der Waals surface area contributed by atoms with E-state index in [2.05, 4.69) is 76.2 Å². The summed E-state index contributed by atoms with van der Waals surface area (Å²) >= 11 is 1.69. The molecule has 1 aromatic rings. The predicted octanol–water partition coefficient (Wildman–Crippen LogP) is 3.91. The Kier molecular flexibility index (Phi) is 7.54. The molecule has 0 aliphatic carbocycles. The summed E-state index contributed by atoms with van der Waals surface area (Å²) in [5.74, 6) is 0.712. The van der Waals surface area contributed by atoms with Crippen LogP contribution < -0.4 is 10.6 Å². The second-order valence-electron chi connectivity index (χ2n) is 7.23. The van der Waals surface area contributed by atoms with E-state index < -0.39 is 0 Å². The zero-order valence-corrected chi connectivity index (χ0v) is 18.8. The minimum atomic E-state index is 0.419. The van der Waals surface area contributed by atoms with Crippen LogP contribution in [0, 0.1) is 0 Å². The van der Waals surface area contributed by atoms with Crippen molar-refractivity contribution in [3.63, 3.8) is 0 Å². The lowest BCUT2D eigenvalue weighted by molar-refractivity contribution is 0.318. The van der Waals surface area contributed by atoms with Crippen LogP contribution in [-0.4, -0.2) is 62.5 Å². The fourth-order valence-electron chi connectivity index (χ4n) is 3.54. The highest BCUT2D eigenvalue weighted by Crippen LogP contribution is 2.30. The molecule has 6 nitrogen and oxygen atoms in total. The minimum absolute atomic E-state index is 0.419. The van der Waals surface area contributed by atoms with Crippen LogP contribution in [0.3, 0.4) is 0 Å². The smallest absolute Gasteiger partial charge is 0.128 e. The summed E-state index contributed by atoms with van der Waals surface area (Å²) in [7, 11) is 4.24. The fourth-order valence-corrected chi connectivity index (χ4v) is 4.09. The molecule has 0 atom stereocenters. The Morgan fingerprint density at radius 2 is 2.10 bits per heavy atom. The van der Waals surface area contributed by atoms with E-state index in [0.29, 0.717) is 12.5 Å². The largest absolute Gasteiger partial charge is 0.365 e. The van der Waals surface area contributed by atoms with E-state index in [-0.39, 0.29) is 0 Å². The summed E-state index contributed by atoms with van der Waals surface area (Å²) in [5.41, 5.74) is 5.69. The molecule has 7 heteroatoms. The molecular weight excluding hydrogens is 392 g/mol. The molecule has 0 saturated carbocycles. The van der Waals surface area contributed by atoms with Gasteiger partial charge in [0.15, 0.2) is 0 Å². The summed E-state index contributed by atoms with van der Waals surface area (Å²) in [5, 5.41) is 6.81. The maximum Gasteiger partial charge on any atom is 0.128 e. The lowest BCUT2D eigenvalue weighted by Crippen LogP contribution is -2.36. The van der Waals surface area contributed by atoms with Gasteiger partial charge in [-0.1, -0.05) is 18.7 Å². The van der Waals surface area contributed by atoms with Gasteiger partial charge in [0, 0.05) is 43.4 Å². The summed E-state index contributed by atoms with van der Waals surface area (Å²) in [6, 6.07) is 8.15. The van der Waals surface area contributed by atoms with Gasteiger partial charge in [-0.05, 0) is 49.9 Å². The summed E-state index contributed by atoms with van der Waals surface area (Å²) in [6.07, 6.45) is 8.77. The van der Waals surface area contributed by atoms with Crippen molar-refractivity contribution in [1.82, 2.24) is 15.1 Å². The van der Waals surface area contributed by atoms with E-state index in [1.807, 2.05) is 24.3 Å². The molecule has 3 rings (SSSR count). The van der Waals surface area contributed by atoms with Crippen molar-refractivity contribution >= 4 is 30.0 Å². The first-order valence-corrected chi connectivity index (χ1v) is 11.1. The Balaban J connectivity index is 1.74. The zero-order valence-electron chi connectivity index (χ0n) is 18.0. The van der Waals surface area contributed by atoms with Gasteiger partial charge in [-0.15, -0.1) is 11.8 Å². The van der Waals surface area contributed by atoms with Crippen molar-refractivity contribution in [3.05, 3.63) is 71.9 Å². The molecule has 0 saturated heterocycles. The Bertz CT molecular complexity index is 927. The van der Waals surface area contributed by atoms with Gasteiger partial charge in [0.2, 0.25) is 0 Å². The maximum atomic E-state index is 4.69. The number of thioether (sulfide) groups is 1. The molecule has 2 aliphatic heterocycles. The number of amidine groups is 1. The summed E-state index contributed by atoms with van der Waals surface area (Å²) in [6.45, 7) is 10.2. The SMILES string of the molecule is C=N/C=C\C(=N/CNC1=CC2=C(CCN(C)C2)N(C)C1=C)Nc1ccccc1SC. The number of para-hydroxylation sites is 1. The fraction of sp³-hybridized carbons (Fsp3) is 0.304. The lowest BCUT2D eigenvalue weighted by Gasteiger charge is -2.37. The van der Waals surface area contributed by atoms with Crippen LogP contribution in [-0.2, 0) is 0 Å². The Hall–Kier alpha value is -2.77. The third kappa shape index (κ3) is 5.23. The molecule has 0 unspecified atom stereocenters. The third-order valence-electron chi connectivity index (χ3n) is 5.21. The second kappa shape index (κ2) is 10.3. The van der Waals surface area contributed by atoms with Gasteiger partial charge >= 0.3 is 0 Å². The number of anilines is 1. The van der Waals surface area contributed by atoms with Crippen LogP contribution in [0.4, 0.5) is 5.69 Å². The first-order valence-electron chi connectivity index (χ1n) is 9.89. The van der Waals surface area contributed by atoms with Gasteiger partial charge in [0.25, 0.3) is 0 Å². The molecule has 0 bridgehead atoms. The van der Waals surface area contributed by atoms with E-state index in [9.17, 15) is 0 Å². The normalized spacial score (nSPS) is 17.8. The number of hydrogen-bond acceptors (Lipinski definition) is 6. The molecule has 30 heavy (non-hydrogen) atoms. The number of aliphatic imine (C=N–C) groups is 2. The van der Waals surface area contributed by atoms with Gasteiger partial charge in [0.1, 0.15) is 12.5 Å². The quantitative estimate of drug-likeness (QED) is 0.396. The average Bonchev–Trinajstić information content (AvgIpc) is 2.75. The highest BCUT2D eigenvalue weighted by Gasteiger charge is 2.25. The molecule has 0 spiro atoms. The Morgan fingerprint density at radius 1 is 1.30 bits per heavy atom. The van der Waals surface area contributed by atoms with Crippen LogP contribution in [0.1, 0.15) is 6.42 Å². The molecule has 2 N–H and O–H groups in total. The van der Waals surface area contributed by atoms with Crippen LogP contribution in [0.5, 0.6) is 0 Å². The van der Waals surface area contributed by atoms with Crippen molar-refractivity contribution in [1.29, 1.82) is 0 Å². The number of rotatable bonds is 7. The van der Waals surface area contributed by atoms with Crippen LogP contribution in [0.25, 0.3) is 0 Å². The number of benzene rings is 1. The summed E-state index contributed by atoms with van der Waals surface area (Å²) < 4.78 is 0. The van der Waals surface area contributed by atoms with E-state index in [0.717, 1.165) is 41.5 Å². The lowest BCUT2D eigenvalue weighted by atomic mass is 9.99. The van der Waals surface area contributed by atoms with Gasteiger partial charge in [-0.2, -0.15) is 0 Å². The number of nitrogens with zero attached hydrogens (tertiary/aromatic N) is 4. The second-order valence-corrected chi connectivity index (χ2v) is 8.07. The predicted molar refractivity (Wildman–Crippen MR) is 130 cm³/mol. The maximum absolute atomic E-state index is 4.69. The minimum Gasteiger partial charge on any atom is -0.365 e. The van der Waals surface area contributed by atoms with E-state index in [1.54, 1.807) is 18.0 Å². The topological polar surface area (TPSA) is 55.3 Å². The average molecular weight is 423 g/mol. The molecule has 0 radical (unpaired) electrons. The van der Waals surface area contributed by atoms with E-state index in [4.69, 9.17) is 0 Å². The Labute approximate surface area is 183 Å². The third-order valence-corrected chi connectivity index (χ3v) is 6.00. The number of nitrogens with one attached hydrogen (secondary N) is 2. The molecular formula is C23H30N6S. The van der Waals surface area contributed by atoms with Crippen molar-refractivity contribution in [3.8, 4) is 0 Å². The molecule has 1 aromatic carbocycles. The molecule has 0 amide bonds. The van der Waals surface area contributed by atoms with Gasteiger partial charge in [0.05, 0.1) is 17.1 Å². The van der Waals surface area contributed by atoms with Gasteiger partial charge in [-0.3, -0.25) is 4.99 Å². The van der Waals surface area contributed by atoms with Gasteiger partial charge in [-0.25, -0.2) is 4.99 Å². The molecule has 0 aromatic heterocycles. The molecule has 2 aliphatic rings. The summed E-state index contributed by atoms with van der Waals surface area (Å²) in [4.78, 5) is 14.2. The van der Waals surface area contributed by atoms with Crippen molar-refractivity contribution in [2.75, 3.05) is 45.4 Å². The molecule has 2 heterocycles. The number of likely N-dealkylation sites (N-methyl/N-ethyl adjacent to an activating group) is 2. The Morgan fingerprint density at radius 3 is 2.87 bits per heavy atom. The zero-order chi connectivity index (χ0) is 21.5. The van der Waals surface area contributed by atoms with Crippen molar-refractivity contribution < 1.29 is 0 Å². The standard InChI is InChI=1S/C23H30N6S/c1-17-20(14-18-15-28(3)13-11-21(18)29(17)4)25-16-26-23(10-12-24-2)27-19-8-6-7-9-22(19)30-5/h6-10,12,14,25H,1-2,11,13,15-16H2,3-5H3,(H,26,27)/b12-10-. The van der Waals surface area contributed by atoms with Crippen LogP contribution >= 0.6 is 11.8 Å². The van der Waals surface area contributed by atoms with Crippen molar-refractivity contribution in [2.45, 2.75) is 11.3 Å². The van der Waals surface area contributed by atoms with E-state index in [1.165, 1.54) is 11.3 Å². The van der Waals surface area contributed by atoms with Crippen LogP contribution in [0.15, 0.2) is 86.7 Å². The first kappa shape index (κ1) is 21.9. The van der Waals surface area contributed by atoms with E-state index >= 15 is 0 Å². The monoisotopic (exact) mass is 422 g/mol. The van der Waals surface area contributed by atoms with Crippen LogP contribution in [0.2, 0.25) is 0 Å². The number of hydrogen-bond donors (Lipinski definition) is 2. The van der Waals surface area contributed by atoms with Gasteiger partial charge < -0.3 is 20.4 Å². The van der Waals surface area contributed by atoms with Crippen molar-refractivity contribution in [2.24, 2.45) is 9.98 Å². The molecule has 158 valence electrons. The highest BCUT2D eigenvalue weighted by molar-refractivity contribution is 7.98. The first-order chi connectivity index (χ1) is 14.5. The highest BCUT2D eigenvalue weighted by atomic mass is 32.2. The molecule has 0 fully saturated rings.